The lowest BCUT2D eigenvalue weighted by Gasteiger charge is -2.34. The third kappa shape index (κ3) is 1.49. The van der Waals surface area contributed by atoms with Gasteiger partial charge in [-0.3, -0.25) is 0 Å². The molecule has 1 aromatic rings. The van der Waals surface area contributed by atoms with Gasteiger partial charge in [0.25, 0.3) is 0 Å². The van der Waals surface area contributed by atoms with Crippen LogP contribution in [0.2, 0.25) is 0 Å². The van der Waals surface area contributed by atoms with E-state index in [1.165, 1.54) is 11.1 Å². The minimum Gasteiger partial charge on any atom is -0.449 e. The lowest BCUT2D eigenvalue weighted by Crippen LogP contribution is -2.20. The molecule has 4 rings (SSSR count). The van der Waals surface area contributed by atoms with Gasteiger partial charge in [0.1, 0.15) is 5.75 Å². The summed E-state index contributed by atoms with van der Waals surface area (Å²) in [5.74, 6) is 0.412. The van der Waals surface area contributed by atoms with Gasteiger partial charge < -0.3 is 9.84 Å². The van der Waals surface area contributed by atoms with E-state index < -0.39 is 6.16 Å². The van der Waals surface area contributed by atoms with Crippen LogP contribution in [0.5, 0.6) is 5.75 Å². The highest BCUT2D eigenvalue weighted by Crippen LogP contribution is 2.57. The van der Waals surface area contributed by atoms with Crippen molar-refractivity contribution in [3.63, 3.8) is 0 Å². The standard InChI is InChI=1S/C17H14O3/c18-16(19)20-15-3-1-2-12-13(15)7-9-17-8-6-11(10-17)4-5-14(12)17/h1-5,7,9H,6,8,10H2,(H,18,19). The smallest absolute Gasteiger partial charge is 0.449 e. The lowest BCUT2D eigenvalue weighted by atomic mass is 9.69. The number of carboxylic acid groups (broad SMARTS) is 1. The molecule has 0 heterocycles. The summed E-state index contributed by atoms with van der Waals surface area (Å²) < 4.78 is 4.89. The molecule has 1 N–H and O–H groups in total. The summed E-state index contributed by atoms with van der Waals surface area (Å²) in [6.45, 7) is 0. The molecule has 100 valence electrons. The van der Waals surface area contributed by atoms with Crippen LogP contribution in [-0.2, 0) is 0 Å². The Balaban J connectivity index is 1.89. The van der Waals surface area contributed by atoms with Gasteiger partial charge in [-0.1, -0.05) is 42.0 Å². The van der Waals surface area contributed by atoms with Crippen molar-refractivity contribution in [3.8, 4) is 5.75 Å². The molecule has 0 aliphatic heterocycles. The third-order valence-electron chi connectivity index (χ3n) is 4.58. The van der Waals surface area contributed by atoms with E-state index in [-0.39, 0.29) is 5.41 Å². The quantitative estimate of drug-likeness (QED) is 0.610. The summed E-state index contributed by atoms with van der Waals surface area (Å²) in [6.07, 6.45) is 10.8. The van der Waals surface area contributed by atoms with Crippen LogP contribution in [0.3, 0.4) is 0 Å². The van der Waals surface area contributed by atoms with Crippen LogP contribution in [0.4, 0.5) is 4.79 Å². The zero-order valence-electron chi connectivity index (χ0n) is 10.9. The highest BCUT2D eigenvalue weighted by molar-refractivity contribution is 5.88. The molecule has 3 aliphatic carbocycles. The largest absolute Gasteiger partial charge is 0.511 e. The van der Waals surface area contributed by atoms with Gasteiger partial charge in [0.15, 0.2) is 0 Å². The van der Waals surface area contributed by atoms with Gasteiger partial charge in [-0.15, -0.1) is 0 Å². The average Bonchev–Trinajstić information content (AvgIpc) is 2.74. The van der Waals surface area contributed by atoms with Gasteiger partial charge >= 0.3 is 6.16 Å². The van der Waals surface area contributed by atoms with Crippen LogP contribution in [0.25, 0.3) is 11.6 Å². The predicted octanol–water partition coefficient (Wildman–Crippen LogP) is 4.26. The molecule has 1 spiro atoms. The van der Waals surface area contributed by atoms with Crippen LogP contribution < -0.4 is 4.74 Å². The molecule has 0 aromatic heterocycles. The second-order valence-corrected chi connectivity index (χ2v) is 5.66. The van der Waals surface area contributed by atoms with Crippen molar-refractivity contribution in [3.05, 3.63) is 53.1 Å². The van der Waals surface area contributed by atoms with Crippen LogP contribution in [0, 0.1) is 5.41 Å². The minimum atomic E-state index is -1.27. The molecule has 0 saturated heterocycles. The molecule has 0 radical (unpaired) electrons. The molecular weight excluding hydrogens is 252 g/mol. The normalized spacial score (nSPS) is 25.4. The fourth-order valence-corrected chi connectivity index (χ4v) is 3.67. The van der Waals surface area contributed by atoms with Crippen molar-refractivity contribution in [2.45, 2.75) is 19.3 Å². The monoisotopic (exact) mass is 266 g/mol. The number of ether oxygens (including phenoxy) is 1. The fraction of sp³-hybridized carbons (Fsp3) is 0.235. The molecule has 3 aliphatic rings. The molecule has 1 fully saturated rings. The van der Waals surface area contributed by atoms with E-state index in [9.17, 15) is 4.79 Å². The van der Waals surface area contributed by atoms with Gasteiger partial charge in [0, 0.05) is 11.0 Å². The molecule has 3 nitrogen and oxygen atoms in total. The second kappa shape index (κ2) is 3.85. The zero-order chi connectivity index (χ0) is 13.7. The second-order valence-electron chi connectivity index (χ2n) is 5.66. The Morgan fingerprint density at radius 1 is 1.30 bits per heavy atom. The Kier molecular flexibility index (Phi) is 2.22. The van der Waals surface area contributed by atoms with E-state index in [1.807, 2.05) is 12.1 Å². The Labute approximate surface area is 116 Å². The first-order chi connectivity index (χ1) is 9.68. The Morgan fingerprint density at radius 3 is 3.05 bits per heavy atom. The van der Waals surface area contributed by atoms with Gasteiger partial charge in [-0.25, -0.2) is 4.79 Å². The highest BCUT2D eigenvalue weighted by atomic mass is 16.7. The summed E-state index contributed by atoms with van der Waals surface area (Å²) in [5.41, 5.74) is 4.91. The van der Waals surface area contributed by atoms with Crippen LogP contribution >= 0.6 is 0 Å². The van der Waals surface area contributed by atoms with E-state index in [0.29, 0.717) is 5.75 Å². The summed E-state index contributed by atoms with van der Waals surface area (Å²) in [7, 11) is 0. The van der Waals surface area contributed by atoms with Crippen molar-refractivity contribution in [2.24, 2.45) is 5.41 Å². The van der Waals surface area contributed by atoms with Gasteiger partial charge in [0.05, 0.1) is 0 Å². The van der Waals surface area contributed by atoms with Crippen molar-refractivity contribution in [1.82, 2.24) is 0 Å². The number of fused-ring (bicyclic) bond motifs is 3. The SMILES string of the molecule is O=C(O)Oc1cccc2c1C=CC13CCC(=CC=C21)C3. The number of benzene rings is 1. The predicted molar refractivity (Wildman–Crippen MR) is 76.5 cm³/mol. The summed E-state index contributed by atoms with van der Waals surface area (Å²) in [4.78, 5) is 10.8. The van der Waals surface area contributed by atoms with Gasteiger partial charge in [0.2, 0.25) is 0 Å². The number of hydrogen-bond donors (Lipinski definition) is 1. The molecular formula is C17H14O3. The molecule has 0 amide bonds. The Bertz CT molecular complexity index is 709. The topological polar surface area (TPSA) is 46.5 Å². The first kappa shape index (κ1) is 11.5. The van der Waals surface area contributed by atoms with Crippen LogP contribution in [-0.4, -0.2) is 11.3 Å². The Morgan fingerprint density at radius 2 is 2.20 bits per heavy atom. The molecule has 3 heteroatoms. The number of rotatable bonds is 1. The molecule has 1 unspecified atom stereocenters. The van der Waals surface area contributed by atoms with Gasteiger partial charge in [-0.05, 0) is 36.5 Å². The maximum absolute atomic E-state index is 10.8. The van der Waals surface area contributed by atoms with E-state index >= 15 is 0 Å². The number of carbonyl (C=O) groups is 1. The Hall–Kier alpha value is -2.29. The number of allylic oxidation sites excluding steroid dienone is 5. The summed E-state index contributed by atoms with van der Waals surface area (Å²) in [5, 5.41) is 8.83. The lowest BCUT2D eigenvalue weighted by molar-refractivity contribution is 0.144. The summed E-state index contributed by atoms with van der Waals surface area (Å²) in [6, 6.07) is 5.62. The fourth-order valence-electron chi connectivity index (χ4n) is 3.67. The third-order valence-corrected chi connectivity index (χ3v) is 4.58. The van der Waals surface area contributed by atoms with Crippen molar-refractivity contribution in [1.29, 1.82) is 0 Å². The van der Waals surface area contributed by atoms with Crippen LogP contribution in [0.1, 0.15) is 30.4 Å². The zero-order valence-corrected chi connectivity index (χ0v) is 10.9. The average molecular weight is 266 g/mol. The maximum atomic E-state index is 10.8. The highest BCUT2D eigenvalue weighted by Gasteiger charge is 2.42. The molecule has 1 aromatic carbocycles. The van der Waals surface area contributed by atoms with E-state index in [2.05, 4.69) is 24.3 Å². The molecule has 1 atom stereocenters. The van der Waals surface area contributed by atoms with Gasteiger partial charge in [-0.2, -0.15) is 0 Å². The van der Waals surface area contributed by atoms with Crippen LogP contribution in [0.15, 0.2) is 42.0 Å². The van der Waals surface area contributed by atoms with Crippen molar-refractivity contribution >= 4 is 17.8 Å². The molecule has 1 saturated carbocycles. The summed E-state index contributed by atoms with van der Waals surface area (Å²) >= 11 is 0. The minimum absolute atomic E-state index is 0.124. The first-order valence-electron chi connectivity index (χ1n) is 6.82. The van der Waals surface area contributed by atoms with Crippen molar-refractivity contribution in [2.75, 3.05) is 0 Å². The number of hydrogen-bond acceptors (Lipinski definition) is 2. The van der Waals surface area contributed by atoms with Crippen molar-refractivity contribution < 1.29 is 14.6 Å². The molecule has 2 bridgehead atoms. The van der Waals surface area contributed by atoms with E-state index in [1.54, 1.807) is 6.07 Å². The first-order valence-corrected chi connectivity index (χ1v) is 6.82. The maximum Gasteiger partial charge on any atom is 0.511 e. The molecule has 20 heavy (non-hydrogen) atoms. The van der Waals surface area contributed by atoms with E-state index in [4.69, 9.17) is 9.84 Å². The van der Waals surface area contributed by atoms with E-state index in [0.717, 1.165) is 30.4 Å².